The molecular formula is C17H25NO3. The Morgan fingerprint density at radius 1 is 1.33 bits per heavy atom. The summed E-state index contributed by atoms with van der Waals surface area (Å²) in [5.74, 6) is 2.24. The Morgan fingerprint density at radius 3 is 2.62 bits per heavy atom. The molecule has 4 nitrogen and oxygen atoms in total. The molecule has 1 aliphatic heterocycles. The zero-order chi connectivity index (χ0) is 15.2. The molecule has 0 saturated carbocycles. The van der Waals surface area contributed by atoms with Crippen molar-refractivity contribution in [2.75, 3.05) is 20.2 Å². The van der Waals surface area contributed by atoms with Crippen LogP contribution in [0.4, 0.5) is 0 Å². The average Bonchev–Trinajstić information content (AvgIpc) is 2.53. The van der Waals surface area contributed by atoms with Crippen LogP contribution in [0.5, 0.6) is 11.5 Å². The molecule has 1 aromatic rings. The Balaban J connectivity index is 2.00. The highest BCUT2D eigenvalue weighted by Gasteiger charge is 2.27. The monoisotopic (exact) mass is 291 g/mol. The Morgan fingerprint density at radius 2 is 2.00 bits per heavy atom. The first-order chi connectivity index (χ1) is 10.1. The smallest absolute Gasteiger partial charge is 0.263 e. The number of methoxy groups -OCH3 is 1. The zero-order valence-corrected chi connectivity index (χ0v) is 13.2. The molecule has 1 unspecified atom stereocenters. The number of hydrogen-bond acceptors (Lipinski definition) is 3. The standard InChI is InChI=1S/C17H25NO3/c1-4-16(17(19)18-10-8-13(2)9-11-18)21-15-7-5-6-14(12-15)20-3/h5-7,12-13,16H,4,8-11H2,1-3H3. The van der Waals surface area contributed by atoms with Crippen LogP contribution in [0.3, 0.4) is 0 Å². The number of carbonyl (C=O) groups excluding carboxylic acids is 1. The number of carbonyl (C=O) groups is 1. The lowest BCUT2D eigenvalue weighted by Gasteiger charge is -2.32. The van der Waals surface area contributed by atoms with Gasteiger partial charge in [-0.05, 0) is 37.3 Å². The van der Waals surface area contributed by atoms with Gasteiger partial charge in [-0.15, -0.1) is 0 Å². The van der Waals surface area contributed by atoms with E-state index in [4.69, 9.17) is 9.47 Å². The lowest BCUT2D eigenvalue weighted by atomic mass is 9.99. The van der Waals surface area contributed by atoms with Gasteiger partial charge in [0.1, 0.15) is 11.5 Å². The number of amides is 1. The molecule has 116 valence electrons. The van der Waals surface area contributed by atoms with Crippen molar-refractivity contribution in [1.82, 2.24) is 4.90 Å². The van der Waals surface area contributed by atoms with Crippen molar-refractivity contribution >= 4 is 5.91 Å². The lowest BCUT2D eigenvalue weighted by molar-refractivity contribution is -0.140. The number of nitrogens with zero attached hydrogens (tertiary/aromatic N) is 1. The molecule has 1 amide bonds. The molecule has 2 rings (SSSR count). The predicted octanol–water partition coefficient (Wildman–Crippen LogP) is 3.11. The van der Waals surface area contributed by atoms with Crippen LogP contribution >= 0.6 is 0 Å². The molecule has 1 heterocycles. The van der Waals surface area contributed by atoms with E-state index in [2.05, 4.69) is 6.92 Å². The van der Waals surface area contributed by atoms with Crippen molar-refractivity contribution in [3.63, 3.8) is 0 Å². The van der Waals surface area contributed by atoms with Gasteiger partial charge in [0.05, 0.1) is 7.11 Å². The van der Waals surface area contributed by atoms with E-state index in [-0.39, 0.29) is 5.91 Å². The summed E-state index contributed by atoms with van der Waals surface area (Å²) in [4.78, 5) is 14.5. The fraction of sp³-hybridized carbons (Fsp3) is 0.588. The maximum absolute atomic E-state index is 12.6. The van der Waals surface area contributed by atoms with Gasteiger partial charge in [-0.2, -0.15) is 0 Å². The summed E-state index contributed by atoms with van der Waals surface area (Å²) in [6.45, 7) is 5.91. The molecule has 0 radical (unpaired) electrons. The SMILES string of the molecule is CCC(Oc1cccc(OC)c1)C(=O)N1CCC(C)CC1. The number of rotatable bonds is 5. The van der Waals surface area contributed by atoms with Gasteiger partial charge in [0, 0.05) is 19.2 Å². The van der Waals surface area contributed by atoms with E-state index in [1.54, 1.807) is 7.11 Å². The van der Waals surface area contributed by atoms with Gasteiger partial charge in [-0.1, -0.05) is 19.9 Å². The summed E-state index contributed by atoms with van der Waals surface area (Å²) in [6.07, 6.45) is 2.43. The van der Waals surface area contributed by atoms with Crippen LogP contribution in [0.15, 0.2) is 24.3 Å². The Bertz CT molecular complexity index is 467. The van der Waals surface area contributed by atoms with Gasteiger partial charge in [0.15, 0.2) is 6.10 Å². The first-order valence-corrected chi connectivity index (χ1v) is 7.73. The van der Waals surface area contributed by atoms with E-state index >= 15 is 0 Å². The largest absolute Gasteiger partial charge is 0.497 e. The Labute approximate surface area is 127 Å². The number of hydrogen-bond donors (Lipinski definition) is 0. The molecule has 0 aliphatic carbocycles. The number of ether oxygens (including phenoxy) is 2. The summed E-state index contributed by atoms with van der Waals surface area (Å²) in [5.41, 5.74) is 0. The highest BCUT2D eigenvalue weighted by Crippen LogP contribution is 2.22. The van der Waals surface area contributed by atoms with Crippen LogP contribution in [-0.2, 0) is 4.79 Å². The van der Waals surface area contributed by atoms with E-state index in [0.29, 0.717) is 18.1 Å². The molecule has 1 fully saturated rings. The minimum atomic E-state index is -0.412. The summed E-state index contributed by atoms with van der Waals surface area (Å²) in [7, 11) is 1.62. The van der Waals surface area contributed by atoms with E-state index < -0.39 is 6.10 Å². The summed E-state index contributed by atoms with van der Waals surface area (Å²) in [5, 5.41) is 0. The van der Waals surface area contributed by atoms with Crippen molar-refractivity contribution < 1.29 is 14.3 Å². The van der Waals surface area contributed by atoms with Gasteiger partial charge < -0.3 is 14.4 Å². The van der Waals surface area contributed by atoms with Crippen LogP contribution < -0.4 is 9.47 Å². The molecule has 1 aliphatic rings. The van der Waals surface area contributed by atoms with Crippen LogP contribution in [0, 0.1) is 5.92 Å². The maximum atomic E-state index is 12.6. The van der Waals surface area contributed by atoms with E-state index in [1.807, 2.05) is 36.1 Å². The molecule has 1 aromatic carbocycles. The van der Waals surface area contributed by atoms with E-state index in [1.165, 1.54) is 0 Å². The van der Waals surface area contributed by atoms with Crippen molar-refractivity contribution in [3.05, 3.63) is 24.3 Å². The second kappa shape index (κ2) is 7.34. The second-order valence-corrected chi connectivity index (χ2v) is 5.70. The lowest BCUT2D eigenvalue weighted by Crippen LogP contribution is -2.45. The number of likely N-dealkylation sites (tertiary alicyclic amines) is 1. The van der Waals surface area contributed by atoms with Crippen LogP contribution in [0.1, 0.15) is 33.1 Å². The van der Waals surface area contributed by atoms with Crippen LogP contribution in [0.2, 0.25) is 0 Å². The van der Waals surface area contributed by atoms with Crippen LogP contribution in [-0.4, -0.2) is 37.1 Å². The highest BCUT2D eigenvalue weighted by atomic mass is 16.5. The topological polar surface area (TPSA) is 38.8 Å². The molecule has 1 atom stereocenters. The second-order valence-electron chi connectivity index (χ2n) is 5.70. The molecular weight excluding hydrogens is 266 g/mol. The van der Waals surface area contributed by atoms with Gasteiger partial charge in [0.25, 0.3) is 5.91 Å². The quantitative estimate of drug-likeness (QED) is 0.836. The predicted molar refractivity (Wildman–Crippen MR) is 82.7 cm³/mol. The molecule has 4 heteroatoms. The number of benzene rings is 1. The minimum absolute atomic E-state index is 0.104. The summed E-state index contributed by atoms with van der Waals surface area (Å²) >= 11 is 0. The Hall–Kier alpha value is -1.71. The molecule has 0 aromatic heterocycles. The molecule has 21 heavy (non-hydrogen) atoms. The molecule has 0 N–H and O–H groups in total. The van der Waals surface area contributed by atoms with Gasteiger partial charge in [-0.3, -0.25) is 4.79 Å². The third-order valence-corrected chi connectivity index (χ3v) is 4.06. The first kappa shape index (κ1) is 15.7. The normalized spacial score (nSPS) is 17.4. The average molecular weight is 291 g/mol. The Kier molecular flexibility index (Phi) is 5.48. The van der Waals surface area contributed by atoms with Crippen molar-refractivity contribution in [3.8, 4) is 11.5 Å². The first-order valence-electron chi connectivity index (χ1n) is 7.73. The van der Waals surface area contributed by atoms with Gasteiger partial charge in [-0.25, -0.2) is 0 Å². The van der Waals surface area contributed by atoms with E-state index in [0.717, 1.165) is 31.7 Å². The third kappa shape index (κ3) is 4.13. The molecule has 0 spiro atoms. The summed E-state index contributed by atoms with van der Waals surface area (Å²) in [6, 6.07) is 7.40. The van der Waals surface area contributed by atoms with Crippen LogP contribution in [0.25, 0.3) is 0 Å². The van der Waals surface area contributed by atoms with Crippen molar-refractivity contribution in [1.29, 1.82) is 0 Å². The third-order valence-electron chi connectivity index (χ3n) is 4.06. The van der Waals surface area contributed by atoms with Crippen molar-refractivity contribution in [2.24, 2.45) is 5.92 Å². The zero-order valence-electron chi connectivity index (χ0n) is 13.2. The summed E-state index contributed by atoms with van der Waals surface area (Å²) < 4.78 is 11.1. The van der Waals surface area contributed by atoms with E-state index in [9.17, 15) is 4.79 Å². The highest BCUT2D eigenvalue weighted by molar-refractivity contribution is 5.81. The molecule has 0 bridgehead atoms. The fourth-order valence-electron chi connectivity index (χ4n) is 2.58. The van der Waals surface area contributed by atoms with Gasteiger partial charge in [0.2, 0.25) is 0 Å². The fourth-order valence-corrected chi connectivity index (χ4v) is 2.58. The number of piperidine rings is 1. The van der Waals surface area contributed by atoms with Gasteiger partial charge >= 0.3 is 0 Å². The maximum Gasteiger partial charge on any atom is 0.263 e. The minimum Gasteiger partial charge on any atom is -0.497 e. The van der Waals surface area contributed by atoms with Crippen molar-refractivity contribution in [2.45, 2.75) is 39.2 Å². The molecule has 1 saturated heterocycles.